The lowest BCUT2D eigenvalue weighted by Gasteiger charge is -2.35. The molecule has 2 aromatic heterocycles. The summed E-state index contributed by atoms with van der Waals surface area (Å²) < 4.78 is 1.68. The van der Waals surface area contributed by atoms with Gasteiger partial charge in [-0.3, -0.25) is 9.59 Å². The van der Waals surface area contributed by atoms with Crippen LogP contribution >= 0.6 is 11.6 Å². The van der Waals surface area contributed by atoms with Crippen molar-refractivity contribution in [2.45, 2.75) is 52.0 Å². The normalized spacial score (nSPS) is 17.1. The number of aryl methyl sites for hydroxylation is 2. The summed E-state index contributed by atoms with van der Waals surface area (Å²) in [4.78, 5) is 30.3. The highest BCUT2D eigenvalue weighted by atomic mass is 35.5. The van der Waals surface area contributed by atoms with Crippen LogP contribution in [0.4, 0.5) is 0 Å². The first kappa shape index (κ1) is 19.4. The number of carboxylic acids is 1. The van der Waals surface area contributed by atoms with E-state index in [1.807, 2.05) is 19.9 Å². The number of hydrogen-bond acceptors (Lipinski definition) is 4. The number of carbonyl (C=O) groups is 2. The molecule has 0 bridgehead atoms. The number of aromatic nitrogens is 3. The molecule has 1 aliphatic heterocycles. The van der Waals surface area contributed by atoms with Crippen LogP contribution in [0.2, 0.25) is 5.02 Å². The fourth-order valence-electron chi connectivity index (χ4n) is 3.55. The Morgan fingerprint density at radius 3 is 2.74 bits per heavy atom. The van der Waals surface area contributed by atoms with Crippen LogP contribution in [0, 0.1) is 13.8 Å². The Bertz CT molecular complexity index is 865. The first-order valence-electron chi connectivity index (χ1n) is 9.09. The van der Waals surface area contributed by atoms with Crippen molar-refractivity contribution in [3.05, 3.63) is 40.3 Å². The Kier molecular flexibility index (Phi) is 5.79. The topological polar surface area (TPSA) is 88.3 Å². The molecule has 1 amide bonds. The molecular formula is C19H23ClN4O3. The van der Waals surface area contributed by atoms with Gasteiger partial charge in [0.25, 0.3) is 5.91 Å². The van der Waals surface area contributed by atoms with Crippen molar-refractivity contribution in [1.82, 2.24) is 19.7 Å². The molecule has 1 atom stereocenters. The fourth-order valence-corrected chi connectivity index (χ4v) is 3.74. The van der Waals surface area contributed by atoms with Crippen LogP contribution in [0.5, 0.6) is 0 Å². The molecular weight excluding hydrogens is 368 g/mol. The van der Waals surface area contributed by atoms with E-state index in [4.69, 9.17) is 16.7 Å². The molecule has 2 aromatic rings. The van der Waals surface area contributed by atoms with Gasteiger partial charge < -0.3 is 10.0 Å². The monoisotopic (exact) mass is 390 g/mol. The van der Waals surface area contributed by atoms with Gasteiger partial charge in [0.05, 0.1) is 10.7 Å². The van der Waals surface area contributed by atoms with Gasteiger partial charge in [-0.05, 0) is 57.7 Å². The maximum atomic E-state index is 13.2. The van der Waals surface area contributed by atoms with Crippen LogP contribution in [0.1, 0.15) is 54.0 Å². The second-order valence-corrected chi connectivity index (χ2v) is 7.33. The van der Waals surface area contributed by atoms with Gasteiger partial charge in [0.15, 0.2) is 5.82 Å². The number of amides is 1. The Morgan fingerprint density at radius 2 is 2.07 bits per heavy atom. The van der Waals surface area contributed by atoms with Gasteiger partial charge in [0.2, 0.25) is 0 Å². The Hall–Kier alpha value is -2.41. The van der Waals surface area contributed by atoms with E-state index in [9.17, 15) is 9.59 Å². The number of carboxylic acid groups (broad SMARTS) is 1. The quantitative estimate of drug-likeness (QED) is 0.845. The van der Waals surface area contributed by atoms with Crippen LogP contribution in [-0.4, -0.2) is 49.2 Å². The lowest BCUT2D eigenvalue weighted by atomic mass is 9.97. The molecule has 1 aliphatic rings. The number of hydrogen-bond donors (Lipinski definition) is 1. The van der Waals surface area contributed by atoms with Crippen molar-refractivity contribution in [2.24, 2.45) is 0 Å². The molecule has 27 heavy (non-hydrogen) atoms. The average Bonchev–Trinajstić information content (AvgIpc) is 2.98. The zero-order valence-corrected chi connectivity index (χ0v) is 16.2. The van der Waals surface area contributed by atoms with Gasteiger partial charge in [0.1, 0.15) is 5.69 Å². The predicted octanol–water partition coefficient (Wildman–Crippen LogP) is 3.40. The SMILES string of the molecule is Cc1cc(C)n(-c2ccc(Cl)c(C(=O)N3CCCCC3CCC(=O)O)n2)n1. The third-order valence-corrected chi connectivity index (χ3v) is 5.14. The Morgan fingerprint density at radius 1 is 1.30 bits per heavy atom. The third-order valence-electron chi connectivity index (χ3n) is 4.84. The van der Waals surface area contributed by atoms with E-state index in [2.05, 4.69) is 10.1 Å². The summed E-state index contributed by atoms with van der Waals surface area (Å²) in [6.07, 6.45) is 3.16. The molecule has 3 heterocycles. The van der Waals surface area contributed by atoms with Crippen molar-refractivity contribution in [3.63, 3.8) is 0 Å². The molecule has 0 aliphatic carbocycles. The molecule has 0 aromatic carbocycles. The highest BCUT2D eigenvalue weighted by molar-refractivity contribution is 6.33. The summed E-state index contributed by atoms with van der Waals surface area (Å²) >= 11 is 6.28. The average molecular weight is 391 g/mol. The van der Waals surface area contributed by atoms with Gasteiger partial charge >= 0.3 is 5.97 Å². The standard InChI is InChI=1S/C19H23ClN4O3/c1-12-11-13(2)24(22-12)16-8-7-15(20)18(21-16)19(27)23-10-4-3-5-14(23)6-9-17(25)26/h7-8,11,14H,3-6,9-10H2,1-2H3,(H,25,26). The van der Waals surface area contributed by atoms with Crippen molar-refractivity contribution in [3.8, 4) is 5.82 Å². The molecule has 0 spiro atoms. The second kappa shape index (κ2) is 8.08. The van der Waals surface area contributed by atoms with E-state index in [1.165, 1.54) is 0 Å². The summed E-state index contributed by atoms with van der Waals surface area (Å²) in [5.41, 5.74) is 1.96. The van der Waals surface area contributed by atoms with E-state index in [-0.39, 0.29) is 29.1 Å². The number of nitrogens with zero attached hydrogens (tertiary/aromatic N) is 4. The van der Waals surface area contributed by atoms with Crippen LogP contribution in [0.25, 0.3) is 5.82 Å². The predicted molar refractivity (Wildman–Crippen MR) is 101 cm³/mol. The second-order valence-electron chi connectivity index (χ2n) is 6.92. The van der Waals surface area contributed by atoms with Gasteiger partial charge in [-0.25, -0.2) is 9.67 Å². The Labute approximate surface area is 163 Å². The first-order chi connectivity index (χ1) is 12.9. The maximum Gasteiger partial charge on any atom is 0.303 e. The van der Waals surface area contributed by atoms with Crippen molar-refractivity contribution >= 4 is 23.5 Å². The number of pyridine rings is 1. The molecule has 0 saturated carbocycles. The largest absolute Gasteiger partial charge is 0.481 e. The molecule has 3 rings (SSSR count). The minimum atomic E-state index is -0.851. The van der Waals surface area contributed by atoms with Crippen LogP contribution in [0.15, 0.2) is 18.2 Å². The first-order valence-corrected chi connectivity index (χ1v) is 9.47. The Balaban J connectivity index is 1.89. The van der Waals surface area contributed by atoms with E-state index in [0.29, 0.717) is 18.8 Å². The molecule has 1 fully saturated rings. The molecule has 7 nitrogen and oxygen atoms in total. The van der Waals surface area contributed by atoms with Crippen LogP contribution in [0.3, 0.4) is 0 Å². The fraction of sp³-hybridized carbons (Fsp3) is 0.474. The van der Waals surface area contributed by atoms with E-state index >= 15 is 0 Å². The summed E-state index contributed by atoms with van der Waals surface area (Å²) in [7, 11) is 0. The minimum Gasteiger partial charge on any atom is -0.481 e. The summed E-state index contributed by atoms with van der Waals surface area (Å²) in [6.45, 7) is 4.40. The van der Waals surface area contributed by atoms with Crippen molar-refractivity contribution < 1.29 is 14.7 Å². The van der Waals surface area contributed by atoms with Crippen LogP contribution < -0.4 is 0 Å². The number of piperidine rings is 1. The smallest absolute Gasteiger partial charge is 0.303 e. The van der Waals surface area contributed by atoms with Gasteiger partial charge in [-0.1, -0.05) is 11.6 Å². The highest BCUT2D eigenvalue weighted by Gasteiger charge is 2.30. The van der Waals surface area contributed by atoms with Gasteiger partial charge in [-0.15, -0.1) is 0 Å². The highest BCUT2D eigenvalue weighted by Crippen LogP contribution is 2.26. The lowest BCUT2D eigenvalue weighted by Crippen LogP contribution is -2.44. The molecule has 8 heteroatoms. The molecule has 0 radical (unpaired) electrons. The van der Waals surface area contributed by atoms with Gasteiger partial charge in [-0.2, -0.15) is 5.10 Å². The molecule has 1 saturated heterocycles. The lowest BCUT2D eigenvalue weighted by molar-refractivity contribution is -0.137. The van der Waals surface area contributed by atoms with Crippen molar-refractivity contribution in [1.29, 1.82) is 0 Å². The summed E-state index contributed by atoms with van der Waals surface area (Å²) in [6, 6.07) is 5.22. The number of likely N-dealkylation sites (tertiary alicyclic amines) is 1. The van der Waals surface area contributed by atoms with Gasteiger partial charge in [0, 0.05) is 24.7 Å². The van der Waals surface area contributed by atoms with Crippen molar-refractivity contribution in [2.75, 3.05) is 6.54 Å². The number of rotatable bonds is 5. The minimum absolute atomic E-state index is 0.0431. The van der Waals surface area contributed by atoms with E-state index in [1.54, 1.807) is 21.7 Å². The van der Waals surface area contributed by atoms with Crippen LogP contribution in [-0.2, 0) is 4.79 Å². The zero-order chi connectivity index (χ0) is 19.6. The maximum absolute atomic E-state index is 13.2. The molecule has 144 valence electrons. The molecule has 1 unspecified atom stereocenters. The zero-order valence-electron chi connectivity index (χ0n) is 15.5. The van der Waals surface area contributed by atoms with E-state index in [0.717, 1.165) is 30.7 Å². The molecule has 1 N–H and O–H groups in total. The third kappa shape index (κ3) is 4.30. The number of halogens is 1. The number of carbonyl (C=O) groups excluding carboxylic acids is 1. The number of aliphatic carboxylic acids is 1. The summed E-state index contributed by atoms with van der Waals surface area (Å²) in [5.74, 6) is -0.568. The van der Waals surface area contributed by atoms with E-state index < -0.39 is 5.97 Å². The summed E-state index contributed by atoms with van der Waals surface area (Å²) in [5, 5.41) is 13.7.